The molecule has 0 bridgehead atoms. The minimum absolute atomic E-state index is 0.00599. The number of hydrogen-bond donors (Lipinski definition) is 1. The van der Waals surface area contributed by atoms with Gasteiger partial charge in [0.2, 0.25) is 0 Å². The van der Waals surface area contributed by atoms with Gasteiger partial charge in [-0.2, -0.15) is 0 Å². The lowest BCUT2D eigenvalue weighted by Crippen LogP contribution is -2.07. The SMILES string of the molecule is CCC(N)c1nnc(Cc2ccc(Cl)cc2)s1. The van der Waals surface area contributed by atoms with Crippen molar-refractivity contribution in [2.24, 2.45) is 5.73 Å². The second kappa shape index (κ2) is 5.58. The van der Waals surface area contributed by atoms with Crippen LogP contribution in [0.25, 0.3) is 0 Å². The Morgan fingerprint density at radius 1 is 1.29 bits per heavy atom. The number of nitrogens with two attached hydrogens (primary N) is 1. The molecule has 0 aliphatic heterocycles. The maximum atomic E-state index is 5.91. The summed E-state index contributed by atoms with van der Waals surface area (Å²) >= 11 is 7.42. The molecule has 1 unspecified atom stereocenters. The van der Waals surface area contributed by atoms with Crippen molar-refractivity contribution < 1.29 is 0 Å². The van der Waals surface area contributed by atoms with Crippen LogP contribution in [0.15, 0.2) is 24.3 Å². The lowest BCUT2D eigenvalue weighted by atomic mass is 10.2. The van der Waals surface area contributed by atoms with Crippen LogP contribution in [0.1, 0.15) is 35.0 Å². The van der Waals surface area contributed by atoms with Gasteiger partial charge >= 0.3 is 0 Å². The van der Waals surface area contributed by atoms with Crippen LogP contribution in [0, 0.1) is 0 Å². The Kier molecular flexibility index (Phi) is 4.10. The van der Waals surface area contributed by atoms with Gasteiger partial charge in [-0.05, 0) is 24.1 Å². The second-order valence-electron chi connectivity index (χ2n) is 3.85. The van der Waals surface area contributed by atoms with Crippen LogP contribution >= 0.6 is 22.9 Å². The summed E-state index contributed by atoms with van der Waals surface area (Å²) in [4.78, 5) is 0. The van der Waals surface area contributed by atoms with Crippen molar-refractivity contribution in [3.8, 4) is 0 Å². The van der Waals surface area contributed by atoms with Gasteiger partial charge in [0.25, 0.3) is 0 Å². The van der Waals surface area contributed by atoms with Gasteiger partial charge in [0.1, 0.15) is 10.0 Å². The number of rotatable bonds is 4. The molecule has 2 rings (SSSR count). The van der Waals surface area contributed by atoms with E-state index in [0.29, 0.717) is 0 Å². The van der Waals surface area contributed by atoms with Crippen LogP contribution < -0.4 is 5.73 Å². The predicted molar refractivity (Wildman–Crippen MR) is 71.4 cm³/mol. The third-order valence-electron chi connectivity index (χ3n) is 2.51. The number of benzene rings is 1. The first-order valence-corrected chi connectivity index (χ1v) is 6.70. The average molecular weight is 268 g/mol. The molecule has 2 N–H and O–H groups in total. The minimum Gasteiger partial charge on any atom is -0.322 e. The smallest absolute Gasteiger partial charge is 0.134 e. The van der Waals surface area contributed by atoms with E-state index in [1.165, 1.54) is 5.56 Å². The van der Waals surface area contributed by atoms with E-state index in [2.05, 4.69) is 10.2 Å². The van der Waals surface area contributed by atoms with E-state index < -0.39 is 0 Å². The monoisotopic (exact) mass is 267 g/mol. The molecule has 0 aliphatic rings. The minimum atomic E-state index is 0.00599. The molecule has 2 aromatic rings. The molecular formula is C12H14ClN3S. The van der Waals surface area contributed by atoms with Crippen molar-refractivity contribution >= 4 is 22.9 Å². The maximum Gasteiger partial charge on any atom is 0.134 e. The summed E-state index contributed by atoms with van der Waals surface area (Å²) < 4.78 is 0. The summed E-state index contributed by atoms with van der Waals surface area (Å²) in [7, 11) is 0. The predicted octanol–water partition coefficient (Wildman–Crippen LogP) is 3.19. The van der Waals surface area contributed by atoms with Crippen LogP contribution in [0.4, 0.5) is 0 Å². The highest BCUT2D eigenvalue weighted by Gasteiger charge is 2.10. The Balaban J connectivity index is 2.08. The van der Waals surface area contributed by atoms with Crippen LogP contribution in [-0.2, 0) is 6.42 Å². The molecule has 0 saturated carbocycles. The first-order valence-electron chi connectivity index (χ1n) is 5.51. The quantitative estimate of drug-likeness (QED) is 0.926. The zero-order chi connectivity index (χ0) is 12.3. The van der Waals surface area contributed by atoms with E-state index >= 15 is 0 Å². The zero-order valence-electron chi connectivity index (χ0n) is 9.56. The summed E-state index contributed by atoms with van der Waals surface area (Å²) in [6.45, 7) is 2.05. The van der Waals surface area contributed by atoms with Gasteiger partial charge in [-0.25, -0.2) is 0 Å². The Morgan fingerprint density at radius 2 is 2.00 bits per heavy atom. The number of nitrogens with zero attached hydrogens (tertiary/aromatic N) is 2. The van der Waals surface area contributed by atoms with Crippen LogP contribution in [-0.4, -0.2) is 10.2 Å². The molecule has 0 amide bonds. The highest BCUT2D eigenvalue weighted by atomic mass is 35.5. The first kappa shape index (κ1) is 12.5. The molecular weight excluding hydrogens is 254 g/mol. The maximum absolute atomic E-state index is 5.91. The lowest BCUT2D eigenvalue weighted by molar-refractivity contribution is 0.682. The number of hydrogen-bond acceptors (Lipinski definition) is 4. The summed E-state index contributed by atoms with van der Waals surface area (Å²) in [5.41, 5.74) is 7.09. The van der Waals surface area contributed by atoms with Crippen molar-refractivity contribution in [3.05, 3.63) is 44.9 Å². The third-order valence-corrected chi connectivity index (χ3v) is 3.82. The first-order chi connectivity index (χ1) is 8.19. The van der Waals surface area contributed by atoms with Gasteiger partial charge in [0.05, 0.1) is 6.04 Å². The standard InChI is InChI=1S/C12H14ClN3S/c1-2-10(14)12-16-15-11(17-12)7-8-3-5-9(13)6-4-8/h3-6,10H,2,7,14H2,1H3. The molecule has 0 aliphatic carbocycles. The topological polar surface area (TPSA) is 51.8 Å². The van der Waals surface area contributed by atoms with E-state index in [9.17, 15) is 0 Å². The van der Waals surface area contributed by atoms with Crippen LogP contribution in [0.2, 0.25) is 5.02 Å². The van der Waals surface area contributed by atoms with Crippen molar-refractivity contribution in [2.45, 2.75) is 25.8 Å². The van der Waals surface area contributed by atoms with Gasteiger partial charge in [-0.3, -0.25) is 0 Å². The van der Waals surface area contributed by atoms with E-state index in [4.69, 9.17) is 17.3 Å². The fourth-order valence-electron chi connectivity index (χ4n) is 1.44. The van der Waals surface area contributed by atoms with E-state index in [0.717, 1.165) is 27.9 Å². The molecule has 1 heterocycles. The second-order valence-corrected chi connectivity index (χ2v) is 5.38. The summed E-state index contributed by atoms with van der Waals surface area (Å²) in [6, 6.07) is 7.78. The summed E-state index contributed by atoms with van der Waals surface area (Å²) in [5, 5.41) is 10.9. The highest BCUT2D eigenvalue weighted by Crippen LogP contribution is 2.21. The van der Waals surface area contributed by atoms with Crippen molar-refractivity contribution in [2.75, 3.05) is 0 Å². The molecule has 1 aromatic carbocycles. The molecule has 17 heavy (non-hydrogen) atoms. The van der Waals surface area contributed by atoms with Gasteiger partial charge < -0.3 is 5.73 Å². The molecule has 0 spiro atoms. The van der Waals surface area contributed by atoms with Gasteiger partial charge in [0, 0.05) is 11.4 Å². The Labute approximate surface area is 110 Å². The molecule has 3 nitrogen and oxygen atoms in total. The normalized spacial score (nSPS) is 12.6. The van der Waals surface area contributed by atoms with Crippen LogP contribution in [0.3, 0.4) is 0 Å². The zero-order valence-corrected chi connectivity index (χ0v) is 11.1. The van der Waals surface area contributed by atoms with E-state index in [1.807, 2.05) is 31.2 Å². The van der Waals surface area contributed by atoms with Crippen LogP contribution in [0.5, 0.6) is 0 Å². The van der Waals surface area contributed by atoms with Crippen molar-refractivity contribution in [1.29, 1.82) is 0 Å². The molecule has 1 aromatic heterocycles. The Hall–Kier alpha value is -0.970. The lowest BCUT2D eigenvalue weighted by Gasteiger charge is -2.00. The van der Waals surface area contributed by atoms with E-state index in [-0.39, 0.29) is 6.04 Å². The van der Waals surface area contributed by atoms with Crippen molar-refractivity contribution in [3.63, 3.8) is 0 Å². The average Bonchev–Trinajstić information content (AvgIpc) is 2.80. The Bertz CT molecular complexity index is 481. The van der Waals surface area contributed by atoms with Crippen molar-refractivity contribution in [1.82, 2.24) is 10.2 Å². The molecule has 90 valence electrons. The fourth-order valence-corrected chi connectivity index (χ4v) is 2.53. The molecule has 0 fully saturated rings. The van der Waals surface area contributed by atoms with E-state index in [1.54, 1.807) is 11.3 Å². The third kappa shape index (κ3) is 3.25. The van der Waals surface area contributed by atoms with Gasteiger partial charge in [-0.15, -0.1) is 10.2 Å². The molecule has 5 heteroatoms. The molecule has 0 saturated heterocycles. The molecule has 0 radical (unpaired) electrons. The largest absolute Gasteiger partial charge is 0.322 e. The fraction of sp³-hybridized carbons (Fsp3) is 0.333. The highest BCUT2D eigenvalue weighted by molar-refractivity contribution is 7.11. The summed E-state index contributed by atoms with van der Waals surface area (Å²) in [5.74, 6) is 0. The van der Waals surface area contributed by atoms with Gasteiger partial charge in [0.15, 0.2) is 0 Å². The van der Waals surface area contributed by atoms with Gasteiger partial charge in [-0.1, -0.05) is 42.0 Å². The number of halogens is 1. The summed E-state index contributed by atoms with van der Waals surface area (Å²) in [6.07, 6.45) is 1.67. The molecule has 1 atom stereocenters. The Morgan fingerprint density at radius 3 is 2.65 bits per heavy atom. The number of aromatic nitrogens is 2.